The fourth-order valence-electron chi connectivity index (χ4n) is 2.82. The number of rotatable bonds is 8. The highest BCUT2D eigenvalue weighted by Crippen LogP contribution is 2.28. The first-order valence-corrected chi connectivity index (χ1v) is 9.26. The number of para-hydroxylation sites is 1. The molecular formula is C22H24N4O3. The number of carbonyl (C=O) groups is 1. The van der Waals surface area contributed by atoms with Gasteiger partial charge in [-0.05, 0) is 54.8 Å². The van der Waals surface area contributed by atoms with Crippen molar-refractivity contribution in [2.24, 2.45) is 0 Å². The van der Waals surface area contributed by atoms with Crippen molar-refractivity contribution in [2.75, 3.05) is 24.9 Å². The topological polar surface area (TPSA) is 85.4 Å². The van der Waals surface area contributed by atoms with E-state index in [1.165, 1.54) is 0 Å². The molecule has 7 nitrogen and oxygen atoms in total. The predicted octanol–water partition coefficient (Wildman–Crippen LogP) is 4.12. The normalized spacial score (nSPS) is 10.3. The zero-order valence-electron chi connectivity index (χ0n) is 16.7. The quantitative estimate of drug-likeness (QED) is 0.600. The maximum atomic E-state index is 12.2. The van der Waals surface area contributed by atoms with Crippen LogP contribution in [0, 0.1) is 6.92 Å². The second-order valence-electron chi connectivity index (χ2n) is 6.48. The second-order valence-corrected chi connectivity index (χ2v) is 6.48. The monoisotopic (exact) mass is 392 g/mol. The van der Waals surface area contributed by atoms with Crippen molar-refractivity contribution >= 4 is 23.2 Å². The first kappa shape index (κ1) is 20.1. The molecule has 1 heterocycles. The van der Waals surface area contributed by atoms with Gasteiger partial charge in [-0.3, -0.25) is 4.79 Å². The minimum absolute atomic E-state index is 0.131. The average Bonchev–Trinajstić information content (AvgIpc) is 2.75. The molecule has 0 bridgehead atoms. The number of anilines is 3. The van der Waals surface area contributed by atoms with Crippen molar-refractivity contribution in [3.05, 3.63) is 65.7 Å². The highest BCUT2D eigenvalue weighted by Gasteiger charge is 2.08. The lowest BCUT2D eigenvalue weighted by atomic mass is 10.1. The molecule has 2 aromatic carbocycles. The molecule has 0 radical (unpaired) electrons. The van der Waals surface area contributed by atoms with Crippen LogP contribution in [0.25, 0.3) is 0 Å². The molecule has 0 saturated carbocycles. The van der Waals surface area contributed by atoms with Crippen LogP contribution in [0.4, 0.5) is 17.3 Å². The lowest BCUT2D eigenvalue weighted by molar-refractivity contribution is -0.116. The summed E-state index contributed by atoms with van der Waals surface area (Å²) in [4.78, 5) is 12.2. The lowest BCUT2D eigenvalue weighted by Crippen LogP contribution is -2.14. The molecule has 1 amide bonds. The smallest absolute Gasteiger partial charge is 0.225 e. The van der Waals surface area contributed by atoms with Crippen molar-refractivity contribution < 1.29 is 14.3 Å². The van der Waals surface area contributed by atoms with E-state index in [1.54, 1.807) is 26.4 Å². The summed E-state index contributed by atoms with van der Waals surface area (Å²) < 4.78 is 10.5. The highest BCUT2D eigenvalue weighted by atomic mass is 16.5. The molecule has 0 aliphatic rings. The van der Waals surface area contributed by atoms with Crippen molar-refractivity contribution in [1.82, 2.24) is 10.2 Å². The Morgan fingerprint density at radius 1 is 0.931 bits per heavy atom. The number of benzene rings is 2. The molecular weight excluding hydrogens is 368 g/mol. The van der Waals surface area contributed by atoms with Crippen LogP contribution in [-0.2, 0) is 11.2 Å². The third-order valence-corrected chi connectivity index (χ3v) is 4.43. The lowest BCUT2D eigenvalue weighted by Gasteiger charge is -2.10. The van der Waals surface area contributed by atoms with Gasteiger partial charge >= 0.3 is 0 Å². The van der Waals surface area contributed by atoms with Crippen molar-refractivity contribution in [3.8, 4) is 11.5 Å². The Bertz CT molecular complexity index is 974. The number of hydrogen-bond acceptors (Lipinski definition) is 6. The van der Waals surface area contributed by atoms with E-state index in [0.29, 0.717) is 36.0 Å². The van der Waals surface area contributed by atoms with Crippen LogP contribution < -0.4 is 20.1 Å². The van der Waals surface area contributed by atoms with Crippen LogP contribution in [0.15, 0.2) is 54.6 Å². The van der Waals surface area contributed by atoms with E-state index in [1.807, 2.05) is 49.4 Å². The molecule has 3 rings (SSSR count). The third-order valence-electron chi connectivity index (χ3n) is 4.43. The second kappa shape index (κ2) is 9.54. The zero-order chi connectivity index (χ0) is 20.6. The number of aryl methyl sites for hydroxylation is 2. The van der Waals surface area contributed by atoms with Gasteiger partial charge in [0.15, 0.2) is 23.1 Å². The number of aromatic nitrogens is 2. The Morgan fingerprint density at radius 3 is 2.34 bits per heavy atom. The molecule has 0 saturated heterocycles. The minimum atomic E-state index is -0.131. The summed E-state index contributed by atoms with van der Waals surface area (Å²) in [6.07, 6.45) is 0.896. The van der Waals surface area contributed by atoms with E-state index >= 15 is 0 Å². The van der Waals surface area contributed by atoms with Gasteiger partial charge in [0.1, 0.15) is 0 Å². The SMILES string of the molecule is COc1ccc(CCC(=O)Nc2ccc(Nc3ccccc3C)nn2)cc1OC. The van der Waals surface area contributed by atoms with Crippen molar-refractivity contribution in [2.45, 2.75) is 19.8 Å². The van der Waals surface area contributed by atoms with Gasteiger partial charge in [0.2, 0.25) is 5.91 Å². The van der Waals surface area contributed by atoms with E-state index in [0.717, 1.165) is 16.8 Å². The number of nitrogens with zero attached hydrogens (tertiary/aromatic N) is 2. The summed E-state index contributed by atoms with van der Waals surface area (Å²) in [5.41, 5.74) is 3.07. The highest BCUT2D eigenvalue weighted by molar-refractivity contribution is 5.89. The molecule has 0 fully saturated rings. The van der Waals surface area contributed by atoms with Crippen molar-refractivity contribution in [3.63, 3.8) is 0 Å². The van der Waals surface area contributed by atoms with E-state index in [2.05, 4.69) is 20.8 Å². The first-order valence-electron chi connectivity index (χ1n) is 9.26. The van der Waals surface area contributed by atoms with Crippen LogP contribution >= 0.6 is 0 Å². The van der Waals surface area contributed by atoms with Gasteiger partial charge in [-0.2, -0.15) is 0 Å². The summed E-state index contributed by atoms with van der Waals surface area (Å²) in [7, 11) is 3.18. The molecule has 0 aliphatic carbocycles. The molecule has 7 heteroatoms. The van der Waals surface area contributed by atoms with Crippen LogP contribution in [0.2, 0.25) is 0 Å². The fourth-order valence-corrected chi connectivity index (χ4v) is 2.82. The molecule has 0 atom stereocenters. The summed E-state index contributed by atoms with van der Waals surface area (Å²) >= 11 is 0. The Morgan fingerprint density at radius 2 is 1.66 bits per heavy atom. The molecule has 2 N–H and O–H groups in total. The van der Waals surface area contributed by atoms with Gasteiger partial charge in [0.25, 0.3) is 0 Å². The molecule has 0 spiro atoms. The summed E-state index contributed by atoms with van der Waals surface area (Å²) in [5.74, 6) is 2.21. The Kier molecular flexibility index (Phi) is 6.63. The molecule has 0 aliphatic heterocycles. The maximum absolute atomic E-state index is 12.2. The summed E-state index contributed by atoms with van der Waals surface area (Å²) in [6, 6.07) is 17.0. The first-order chi connectivity index (χ1) is 14.1. The zero-order valence-corrected chi connectivity index (χ0v) is 16.7. The number of hydrogen-bond donors (Lipinski definition) is 2. The summed E-state index contributed by atoms with van der Waals surface area (Å²) in [6.45, 7) is 2.02. The molecule has 3 aromatic rings. The van der Waals surface area contributed by atoms with E-state index in [4.69, 9.17) is 9.47 Å². The van der Waals surface area contributed by atoms with Gasteiger partial charge in [0.05, 0.1) is 14.2 Å². The summed E-state index contributed by atoms with van der Waals surface area (Å²) in [5, 5.41) is 14.2. The van der Waals surface area contributed by atoms with Crippen LogP contribution in [0.1, 0.15) is 17.5 Å². The van der Waals surface area contributed by atoms with E-state index in [9.17, 15) is 4.79 Å². The van der Waals surface area contributed by atoms with E-state index in [-0.39, 0.29) is 5.91 Å². The van der Waals surface area contributed by atoms with Crippen molar-refractivity contribution in [1.29, 1.82) is 0 Å². The van der Waals surface area contributed by atoms with Gasteiger partial charge < -0.3 is 20.1 Å². The molecule has 150 valence electrons. The van der Waals surface area contributed by atoms with Crippen LogP contribution in [0.5, 0.6) is 11.5 Å². The molecule has 1 aromatic heterocycles. The Balaban J connectivity index is 1.54. The number of carbonyl (C=O) groups excluding carboxylic acids is 1. The molecule has 0 unspecified atom stereocenters. The van der Waals surface area contributed by atoms with E-state index < -0.39 is 0 Å². The van der Waals surface area contributed by atoms with Gasteiger partial charge in [-0.25, -0.2) is 0 Å². The minimum Gasteiger partial charge on any atom is -0.493 e. The van der Waals surface area contributed by atoms with Gasteiger partial charge in [0, 0.05) is 12.1 Å². The van der Waals surface area contributed by atoms with Crippen LogP contribution in [0.3, 0.4) is 0 Å². The van der Waals surface area contributed by atoms with Gasteiger partial charge in [-0.1, -0.05) is 24.3 Å². The maximum Gasteiger partial charge on any atom is 0.225 e. The Hall–Kier alpha value is -3.61. The van der Waals surface area contributed by atoms with Gasteiger partial charge in [-0.15, -0.1) is 10.2 Å². The predicted molar refractivity (Wildman–Crippen MR) is 113 cm³/mol. The Labute approximate surface area is 170 Å². The number of nitrogens with one attached hydrogen (secondary N) is 2. The third kappa shape index (κ3) is 5.44. The standard InChI is InChI=1S/C22H24N4O3/c1-15-6-4-5-7-17(15)23-20-11-12-21(26-25-20)24-22(27)13-9-16-8-10-18(28-2)19(14-16)29-3/h4-8,10-12,14H,9,13H2,1-3H3,(H,23,25)(H,24,26,27). The average molecular weight is 392 g/mol. The number of amides is 1. The molecule has 29 heavy (non-hydrogen) atoms. The fraction of sp³-hybridized carbons (Fsp3) is 0.227. The largest absolute Gasteiger partial charge is 0.493 e. The van der Waals surface area contributed by atoms with Crippen LogP contribution in [-0.4, -0.2) is 30.3 Å². The number of ether oxygens (including phenoxy) is 2. The number of methoxy groups -OCH3 is 2.